The zero-order valence-electron chi connectivity index (χ0n) is 10.3. The van der Waals surface area contributed by atoms with Crippen LogP contribution in [0, 0.1) is 0 Å². The Morgan fingerprint density at radius 3 is 2.61 bits per heavy atom. The van der Waals surface area contributed by atoms with E-state index in [1.54, 1.807) is 0 Å². The van der Waals surface area contributed by atoms with Crippen LogP contribution < -0.4 is 5.32 Å². The van der Waals surface area contributed by atoms with Crippen LogP contribution in [0.2, 0.25) is 0 Å². The fourth-order valence-corrected chi connectivity index (χ4v) is 3.16. The highest BCUT2D eigenvalue weighted by Gasteiger charge is 2.03. The molecule has 0 bridgehead atoms. The summed E-state index contributed by atoms with van der Waals surface area (Å²) in [6.07, 6.45) is 0. The topological polar surface area (TPSA) is 12.0 Å². The molecule has 90 valence electrons. The van der Waals surface area contributed by atoms with Crippen LogP contribution in [0.5, 0.6) is 0 Å². The molecular weight excluding hydrogens is 238 g/mol. The summed E-state index contributed by atoms with van der Waals surface area (Å²) in [5.74, 6) is 0. The van der Waals surface area contributed by atoms with E-state index in [-0.39, 0.29) is 0 Å². The Morgan fingerprint density at radius 1 is 0.944 bits per heavy atom. The van der Waals surface area contributed by atoms with Gasteiger partial charge in [-0.25, -0.2) is 0 Å². The monoisotopic (exact) mass is 253 g/mol. The third-order valence-electron chi connectivity index (χ3n) is 3.05. The van der Waals surface area contributed by atoms with Crippen LogP contribution in [0.3, 0.4) is 0 Å². The van der Waals surface area contributed by atoms with E-state index in [0.29, 0.717) is 0 Å². The van der Waals surface area contributed by atoms with E-state index in [1.807, 2.05) is 18.4 Å². The SMILES string of the molecule is CNCc1ccc(-c2ccc3ccccc3c2)s1. The highest BCUT2D eigenvalue weighted by atomic mass is 32.1. The molecule has 18 heavy (non-hydrogen) atoms. The molecule has 0 aliphatic heterocycles. The first-order valence-electron chi connectivity index (χ1n) is 6.09. The summed E-state index contributed by atoms with van der Waals surface area (Å²) >= 11 is 1.86. The fraction of sp³-hybridized carbons (Fsp3) is 0.125. The molecule has 1 aromatic heterocycles. The van der Waals surface area contributed by atoms with Crippen LogP contribution in [0.1, 0.15) is 4.88 Å². The minimum absolute atomic E-state index is 0.943. The zero-order chi connectivity index (χ0) is 12.4. The van der Waals surface area contributed by atoms with Gasteiger partial charge in [0.05, 0.1) is 0 Å². The van der Waals surface area contributed by atoms with Crippen molar-refractivity contribution in [2.24, 2.45) is 0 Å². The predicted octanol–water partition coefficient (Wildman–Crippen LogP) is 4.29. The summed E-state index contributed by atoms with van der Waals surface area (Å²) in [7, 11) is 1.98. The van der Waals surface area contributed by atoms with Crippen molar-refractivity contribution in [2.75, 3.05) is 7.05 Å². The van der Waals surface area contributed by atoms with Gasteiger partial charge in [0.15, 0.2) is 0 Å². The van der Waals surface area contributed by atoms with Gasteiger partial charge in [0.2, 0.25) is 0 Å². The van der Waals surface area contributed by atoms with Gasteiger partial charge in [0.1, 0.15) is 0 Å². The fourth-order valence-electron chi connectivity index (χ4n) is 2.14. The van der Waals surface area contributed by atoms with E-state index < -0.39 is 0 Å². The Balaban J connectivity index is 2.02. The molecule has 1 N–H and O–H groups in total. The highest BCUT2D eigenvalue weighted by molar-refractivity contribution is 7.15. The molecule has 0 unspecified atom stereocenters. The van der Waals surface area contributed by atoms with Crippen molar-refractivity contribution in [3.05, 3.63) is 59.5 Å². The lowest BCUT2D eigenvalue weighted by molar-refractivity contribution is 0.831. The summed E-state index contributed by atoms with van der Waals surface area (Å²) in [4.78, 5) is 2.71. The van der Waals surface area contributed by atoms with Crippen LogP contribution in [-0.2, 0) is 6.54 Å². The number of nitrogens with one attached hydrogen (secondary N) is 1. The standard InChI is InChI=1S/C16H15NS/c1-17-11-15-8-9-16(18-15)14-7-6-12-4-2-3-5-13(12)10-14/h2-10,17H,11H2,1H3. The lowest BCUT2D eigenvalue weighted by Gasteiger charge is -2.01. The number of fused-ring (bicyclic) bond motifs is 1. The molecule has 3 rings (SSSR count). The Hall–Kier alpha value is -1.64. The summed E-state index contributed by atoms with van der Waals surface area (Å²) in [6.45, 7) is 0.943. The first kappa shape index (κ1) is 11.5. The van der Waals surface area contributed by atoms with Crippen molar-refractivity contribution in [3.8, 4) is 10.4 Å². The lowest BCUT2D eigenvalue weighted by atomic mass is 10.1. The zero-order valence-corrected chi connectivity index (χ0v) is 11.1. The Bertz CT molecular complexity index is 669. The van der Waals surface area contributed by atoms with E-state index in [4.69, 9.17) is 0 Å². The number of hydrogen-bond donors (Lipinski definition) is 1. The van der Waals surface area contributed by atoms with E-state index in [0.717, 1.165) is 6.54 Å². The van der Waals surface area contributed by atoms with Crippen molar-refractivity contribution in [3.63, 3.8) is 0 Å². The van der Waals surface area contributed by atoms with E-state index in [2.05, 4.69) is 59.9 Å². The number of hydrogen-bond acceptors (Lipinski definition) is 2. The van der Waals surface area contributed by atoms with Gasteiger partial charge in [-0.3, -0.25) is 0 Å². The van der Waals surface area contributed by atoms with Crippen LogP contribution in [0.25, 0.3) is 21.2 Å². The smallest absolute Gasteiger partial charge is 0.0346 e. The Morgan fingerprint density at radius 2 is 1.78 bits per heavy atom. The lowest BCUT2D eigenvalue weighted by Crippen LogP contribution is -2.02. The van der Waals surface area contributed by atoms with Crippen molar-refractivity contribution in [2.45, 2.75) is 6.54 Å². The summed E-state index contributed by atoms with van der Waals surface area (Å²) in [6, 6.07) is 19.6. The van der Waals surface area contributed by atoms with Gasteiger partial charge in [-0.2, -0.15) is 0 Å². The highest BCUT2D eigenvalue weighted by Crippen LogP contribution is 2.30. The summed E-state index contributed by atoms with van der Waals surface area (Å²) < 4.78 is 0. The van der Waals surface area contributed by atoms with Crippen molar-refractivity contribution in [1.82, 2.24) is 5.32 Å². The molecule has 0 aliphatic carbocycles. The average molecular weight is 253 g/mol. The molecule has 0 saturated heterocycles. The molecular formula is C16H15NS. The number of thiophene rings is 1. The molecule has 0 amide bonds. The van der Waals surface area contributed by atoms with Gasteiger partial charge in [0.25, 0.3) is 0 Å². The summed E-state index contributed by atoms with van der Waals surface area (Å²) in [5.41, 5.74) is 1.31. The molecule has 0 fully saturated rings. The van der Waals surface area contributed by atoms with Crippen molar-refractivity contribution >= 4 is 22.1 Å². The molecule has 2 heteroatoms. The molecule has 2 aromatic carbocycles. The maximum Gasteiger partial charge on any atom is 0.0346 e. The van der Waals surface area contributed by atoms with Gasteiger partial charge in [-0.1, -0.05) is 36.4 Å². The van der Waals surface area contributed by atoms with Crippen LogP contribution in [0.15, 0.2) is 54.6 Å². The van der Waals surface area contributed by atoms with Crippen LogP contribution >= 0.6 is 11.3 Å². The largest absolute Gasteiger partial charge is 0.315 e. The minimum Gasteiger partial charge on any atom is -0.315 e. The van der Waals surface area contributed by atoms with E-state index >= 15 is 0 Å². The maximum absolute atomic E-state index is 3.19. The Labute approximate surface area is 111 Å². The molecule has 3 aromatic rings. The summed E-state index contributed by atoms with van der Waals surface area (Å²) in [5, 5.41) is 5.79. The molecule has 1 nitrogen and oxygen atoms in total. The number of benzene rings is 2. The van der Waals surface area contributed by atoms with Gasteiger partial charge in [-0.05, 0) is 41.6 Å². The van der Waals surface area contributed by atoms with Crippen molar-refractivity contribution in [1.29, 1.82) is 0 Å². The first-order valence-corrected chi connectivity index (χ1v) is 6.91. The van der Waals surface area contributed by atoms with Gasteiger partial charge >= 0.3 is 0 Å². The van der Waals surface area contributed by atoms with E-state index in [9.17, 15) is 0 Å². The van der Waals surface area contributed by atoms with Gasteiger partial charge in [0, 0.05) is 16.3 Å². The third-order valence-corrected chi connectivity index (χ3v) is 4.18. The molecule has 0 atom stereocenters. The molecule has 0 radical (unpaired) electrons. The minimum atomic E-state index is 0.943. The van der Waals surface area contributed by atoms with E-state index in [1.165, 1.54) is 26.1 Å². The quantitative estimate of drug-likeness (QED) is 0.734. The molecule has 0 aliphatic rings. The average Bonchev–Trinajstić information content (AvgIpc) is 2.87. The second-order valence-corrected chi connectivity index (χ2v) is 5.53. The second-order valence-electron chi connectivity index (χ2n) is 4.36. The van der Waals surface area contributed by atoms with Crippen LogP contribution in [0.4, 0.5) is 0 Å². The van der Waals surface area contributed by atoms with Crippen LogP contribution in [-0.4, -0.2) is 7.05 Å². The molecule has 1 heterocycles. The first-order chi connectivity index (χ1) is 8.86. The molecule has 0 saturated carbocycles. The Kier molecular flexibility index (Phi) is 3.13. The predicted molar refractivity (Wildman–Crippen MR) is 80.0 cm³/mol. The molecule has 0 spiro atoms. The van der Waals surface area contributed by atoms with Crippen molar-refractivity contribution < 1.29 is 0 Å². The van der Waals surface area contributed by atoms with Gasteiger partial charge < -0.3 is 5.32 Å². The third kappa shape index (κ3) is 2.17. The van der Waals surface area contributed by atoms with Gasteiger partial charge in [-0.15, -0.1) is 11.3 Å². The normalized spacial score (nSPS) is 10.9. The number of rotatable bonds is 3. The second kappa shape index (κ2) is 4.92. The maximum atomic E-state index is 3.19.